The molecule has 0 aliphatic rings. The lowest BCUT2D eigenvalue weighted by atomic mass is 10.0. The molecule has 1 amide bonds. The number of carbonyl (C=O) groups excluding carboxylic acids is 1. The summed E-state index contributed by atoms with van der Waals surface area (Å²) in [6.07, 6.45) is 2.96. The molecule has 158 valence electrons. The van der Waals surface area contributed by atoms with Gasteiger partial charge in [-0.15, -0.1) is 5.10 Å². The van der Waals surface area contributed by atoms with Crippen LogP contribution in [0.5, 0.6) is 11.6 Å². The quantitative estimate of drug-likeness (QED) is 0.516. The van der Waals surface area contributed by atoms with Gasteiger partial charge in [-0.25, -0.2) is 18.9 Å². The van der Waals surface area contributed by atoms with Crippen LogP contribution in [0.4, 0.5) is 5.69 Å². The number of benzene rings is 2. The Hall–Kier alpha value is -3.94. The number of hydrogen-bond donors (Lipinski definition) is 1. The van der Waals surface area contributed by atoms with E-state index in [1.165, 1.54) is 16.8 Å². The second-order valence-corrected chi connectivity index (χ2v) is 7.56. The fraction of sp³-hybridized carbons (Fsp3) is 0.217. The molecule has 2 heterocycles. The van der Waals surface area contributed by atoms with Gasteiger partial charge in [0.2, 0.25) is 11.6 Å². The number of amides is 1. The number of fused-ring (bicyclic) bond motifs is 1. The third kappa shape index (κ3) is 4.32. The smallest absolute Gasteiger partial charge is 0.351 e. The molecule has 0 bridgehead atoms. The molecule has 4 aromatic rings. The van der Waals surface area contributed by atoms with Gasteiger partial charge in [0, 0.05) is 18.1 Å². The van der Waals surface area contributed by atoms with Crippen LogP contribution in [0.15, 0.2) is 65.7 Å². The molecule has 8 nitrogen and oxygen atoms in total. The Labute approximate surface area is 179 Å². The Bertz CT molecular complexity index is 1310. The van der Waals surface area contributed by atoms with Gasteiger partial charge in [0.05, 0.1) is 0 Å². The third-order valence-electron chi connectivity index (χ3n) is 4.90. The van der Waals surface area contributed by atoms with Crippen molar-refractivity contribution < 1.29 is 9.53 Å². The van der Waals surface area contributed by atoms with Gasteiger partial charge >= 0.3 is 5.69 Å². The Morgan fingerprint density at radius 3 is 2.74 bits per heavy atom. The highest BCUT2D eigenvalue weighted by atomic mass is 16.5. The van der Waals surface area contributed by atoms with E-state index in [9.17, 15) is 9.59 Å². The maximum absolute atomic E-state index is 12.7. The van der Waals surface area contributed by atoms with Crippen LogP contribution < -0.4 is 15.7 Å². The standard InChI is InChI=1S/C23H23N5O3/c1-15(2)17-8-6-9-18(13-17)25-20(29)14-28-23(30)27-12-11-24-22(21(27)26-28)31-19-10-5-4-7-16(19)3/h4-13,15H,14H2,1-3H3,(H,25,29). The Kier molecular flexibility index (Phi) is 5.53. The number of ether oxygens (including phenoxy) is 1. The van der Waals surface area contributed by atoms with Gasteiger partial charge in [-0.05, 0) is 42.2 Å². The van der Waals surface area contributed by atoms with Crippen LogP contribution in [0.25, 0.3) is 5.65 Å². The number of para-hydroxylation sites is 1. The average Bonchev–Trinajstić information content (AvgIpc) is 3.06. The Balaban J connectivity index is 1.58. The molecule has 0 saturated carbocycles. The normalized spacial score (nSPS) is 11.1. The van der Waals surface area contributed by atoms with Gasteiger partial charge in [-0.3, -0.25) is 4.79 Å². The van der Waals surface area contributed by atoms with E-state index < -0.39 is 5.69 Å². The van der Waals surface area contributed by atoms with E-state index in [2.05, 4.69) is 29.2 Å². The van der Waals surface area contributed by atoms with Crippen LogP contribution >= 0.6 is 0 Å². The van der Waals surface area contributed by atoms with Gasteiger partial charge in [-0.1, -0.05) is 44.2 Å². The lowest BCUT2D eigenvalue weighted by Gasteiger charge is -2.09. The van der Waals surface area contributed by atoms with Gasteiger partial charge in [0.25, 0.3) is 5.88 Å². The number of aryl methyl sites for hydroxylation is 1. The van der Waals surface area contributed by atoms with Crippen molar-refractivity contribution in [3.63, 3.8) is 0 Å². The van der Waals surface area contributed by atoms with E-state index in [4.69, 9.17) is 4.74 Å². The van der Waals surface area contributed by atoms with E-state index in [-0.39, 0.29) is 24.0 Å². The zero-order valence-corrected chi connectivity index (χ0v) is 17.6. The second-order valence-electron chi connectivity index (χ2n) is 7.56. The fourth-order valence-corrected chi connectivity index (χ4v) is 3.19. The van der Waals surface area contributed by atoms with Crippen molar-refractivity contribution in [3.05, 3.63) is 82.5 Å². The summed E-state index contributed by atoms with van der Waals surface area (Å²) in [5.74, 6) is 0.809. The van der Waals surface area contributed by atoms with Crippen molar-refractivity contribution in [2.45, 2.75) is 33.2 Å². The van der Waals surface area contributed by atoms with Crippen LogP contribution in [-0.2, 0) is 11.3 Å². The van der Waals surface area contributed by atoms with E-state index in [0.29, 0.717) is 17.4 Å². The minimum Gasteiger partial charge on any atom is -0.436 e. The molecule has 0 spiro atoms. The Morgan fingerprint density at radius 1 is 1.16 bits per heavy atom. The molecule has 2 aromatic heterocycles. The fourth-order valence-electron chi connectivity index (χ4n) is 3.19. The first-order valence-electron chi connectivity index (χ1n) is 10.00. The number of nitrogens with one attached hydrogen (secondary N) is 1. The van der Waals surface area contributed by atoms with Gasteiger partial charge in [0.1, 0.15) is 12.3 Å². The predicted octanol–water partition coefficient (Wildman–Crippen LogP) is 3.75. The van der Waals surface area contributed by atoms with Crippen molar-refractivity contribution in [1.29, 1.82) is 0 Å². The highest BCUT2D eigenvalue weighted by molar-refractivity contribution is 5.90. The van der Waals surface area contributed by atoms with Gasteiger partial charge < -0.3 is 10.1 Å². The maximum Gasteiger partial charge on any atom is 0.351 e. The molecule has 0 aliphatic heterocycles. The van der Waals surface area contributed by atoms with E-state index >= 15 is 0 Å². The topological polar surface area (TPSA) is 90.5 Å². The minimum atomic E-state index is -0.446. The SMILES string of the molecule is Cc1ccccc1Oc1nccn2c(=O)n(CC(=O)Nc3cccc(C(C)C)c3)nc12. The van der Waals surface area contributed by atoms with Gasteiger partial charge in [0.15, 0.2) is 0 Å². The first-order valence-corrected chi connectivity index (χ1v) is 10.00. The molecule has 0 unspecified atom stereocenters. The average molecular weight is 417 g/mol. The van der Waals surface area contributed by atoms with E-state index in [0.717, 1.165) is 15.8 Å². The van der Waals surface area contributed by atoms with Crippen molar-refractivity contribution in [3.8, 4) is 11.6 Å². The second kappa shape index (κ2) is 8.43. The van der Waals surface area contributed by atoms with Crippen molar-refractivity contribution >= 4 is 17.2 Å². The van der Waals surface area contributed by atoms with Crippen molar-refractivity contribution in [2.24, 2.45) is 0 Å². The summed E-state index contributed by atoms with van der Waals surface area (Å²) in [6.45, 7) is 5.86. The minimum absolute atomic E-state index is 0.192. The van der Waals surface area contributed by atoms with Crippen LogP contribution in [0.3, 0.4) is 0 Å². The molecule has 4 rings (SSSR count). The van der Waals surface area contributed by atoms with Crippen molar-refractivity contribution in [1.82, 2.24) is 19.2 Å². The first-order chi connectivity index (χ1) is 14.9. The molecule has 0 saturated heterocycles. The molecule has 2 aromatic carbocycles. The number of anilines is 1. The molecular weight excluding hydrogens is 394 g/mol. The summed E-state index contributed by atoms with van der Waals surface area (Å²) < 4.78 is 8.29. The Morgan fingerprint density at radius 2 is 1.97 bits per heavy atom. The number of aromatic nitrogens is 4. The largest absolute Gasteiger partial charge is 0.436 e. The monoisotopic (exact) mass is 417 g/mol. The van der Waals surface area contributed by atoms with Crippen LogP contribution in [0.1, 0.15) is 30.9 Å². The highest BCUT2D eigenvalue weighted by Crippen LogP contribution is 2.25. The third-order valence-corrected chi connectivity index (χ3v) is 4.90. The zero-order valence-electron chi connectivity index (χ0n) is 17.6. The van der Waals surface area contributed by atoms with E-state index in [1.54, 1.807) is 0 Å². The van der Waals surface area contributed by atoms with Gasteiger partial charge in [-0.2, -0.15) is 0 Å². The molecule has 0 radical (unpaired) electrons. The summed E-state index contributed by atoms with van der Waals surface area (Å²) in [5, 5.41) is 7.11. The van der Waals surface area contributed by atoms with E-state index in [1.807, 2.05) is 55.5 Å². The molecule has 8 heteroatoms. The van der Waals surface area contributed by atoms with Crippen LogP contribution in [0, 0.1) is 6.92 Å². The highest BCUT2D eigenvalue weighted by Gasteiger charge is 2.16. The predicted molar refractivity (Wildman–Crippen MR) is 118 cm³/mol. The first kappa shape index (κ1) is 20.3. The molecule has 0 atom stereocenters. The maximum atomic E-state index is 12.7. The summed E-state index contributed by atoms with van der Waals surface area (Å²) in [6, 6.07) is 15.1. The summed E-state index contributed by atoms with van der Waals surface area (Å²) >= 11 is 0. The summed E-state index contributed by atoms with van der Waals surface area (Å²) in [4.78, 5) is 29.5. The summed E-state index contributed by atoms with van der Waals surface area (Å²) in [5.41, 5.74) is 2.52. The van der Waals surface area contributed by atoms with Crippen LogP contribution in [0.2, 0.25) is 0 Å². The lowest BCUT2D eigenvalue weighted by molar-refractivity contribution is -0.117. The lowest BCUT2D eigenvalue weighted by Crippen LogP contribution is -2.28. The van der Waals surface area contributed by atoms with Crippen molar-refractivity contribution in [2.75, 3.05) is 5.32 Å². The summed E-state index contributed by atoms with van der Waals surface area (Å²) in [7, 11) is 0. The molecule has 0 aliphatic carbocycles. The zero-order chi connectivity index (χ0) is 22.0. The molecule has 1 N–H and O–H groups in total. The number of hydrogen-bond acceptors (Lipinski definition) is 5. The number of nitrogens with zero attached hydrogens (tertiary/aromatic N) is 4. The molecular formula is C23H23N5O3. The van der Waals surface area contributed by atoms with Crippen LogP contribution in [-0.4, -0.2) is 25.1 Å². The number of carbonyl (C=O) groups is 1. The number of rotatable bonds is 6. The molecule has 31 heavy (non-hydrogen) atoms. The molecule has 0 fully saturated rings.